The molecule has 6 heteroatoms. The minimum absolute atomic E-state index is 0.330. The van der Waals surface area contributed by atoms with Crippen molar-refractivity contribution < 1.29 is 18.3 Å². The van der Waals surface area contributed by atoms with Gasteiger partial charge in [0, 0.05) is 19.2 Å². The molecule has 1 aromatic heterocycles. The summed E-state index contributed by atoms with van der Waals surface area (Å²) in [7, 11) is 1.82. The lowest BCUT2D eigenvalue weighted by Crippen LogP contribution is -2.07. The molecule has 0 aliphatic carbocycles. The first-order valence-electron chi connectivity index (χ1n) is 6.54. The van der Waals surface area contributed by atoms with Gasteiger partial charge in [-0.2, -0.15) is 18.3 Å². The van der Waals surface area contributed by atoms with Crippen LogP contribution in [0.3, 0.4) is 0 Å². The van der Waals surface area contributed by atoms with Gasteiger partial charge in [-0.1, -0.05) is 12.1 Å². The molecule has 2 aromatic rings. The summed E-state index contributed by atoms with van der Waals surface area (Å²) in [5.74, 6) is 0. The van der Waals surface area contributed by atoms with Crippen LogP contribution in [0.15, 0.2) is 24.3 Å². The summed E-state index contributed by atoms with van der Waals surface area (Å²) in [4.78, 5) is 0. The van der Waals surface area contributed by atoms with E-state index in [0.717, 1.165) is 29.1 Å². The third-order valence-corrected chi connectivity index (χ3v) is 3.68. The molecule has 0 radical (unpaired) electrons. The van der Waals surface area contributed by atoms with Crippen molar-refractivity contribution in [3.63, 3.8) is 0 Å². The molecule has 3 nitrogen and oxygen atoms in total. The first-order valence-corrected chi connectivity index (χ1v) is 6.54. The lowest BCUT2D eigenvalue weighted by molar-refractivity contribution is -0.137. The second-order valence-electron chi connectivity index (χ2n) is 5.11. The SMILES string of the molecule is Cc1nn(C)c(C)c1CC(O)c1ccc(C(F)(F)F)cc1. The molecule has 1 N–H and O–H groups in total. The molecule has 21 heavy (non-hydrogen) atoms. The number of rotatable bonds is 3. The maximum atomic E-state index is 12.5. The van der Waals surface area contributed by atoms with Gasteiger partial charge >= 0.3 is 6.18 Å². The Morgan fingerprint density at radius 1 is 1.19 bits per heavy atom. The highest BCUT2D eigenvalue weighted by Crippen LogP contribution is 2.30. The van der Waals surface area contributed by atoms with E-state index in [1.807, 2.05) is 20.9 Å². The number of halogens is 3. The second kappa shape index (κ2) is 5.52. The predicted molar refractivity (Wildman–Crippen MR) is 72.8 cm³/mol. The fourth-order valence-corrected chi connectivity index (χ4v) is 2.32. The summed E-state index contributed by atoms with van der Waals surface area (Å²) in [6.07, 6.45) is -4.88. The molecule has 0 aliphatic heterocycles. The Balaban J connectivity index is 2.19. The normalized spacial score (nSPS) is 13.5. The Bertz CT molecular complexity index is 630. The Morgan fingerprint density at radius 3 is 2.19 bits per heavy atom. The molecule has 0 aliphatic rings. The predicted octanol–water partition coefficient (Wildman–Crippen LogP) is 3.33. The molecular weight excluding hydrogens is 281 g/mol. The average molecular weight is 298 g/mol. The molecule has 1 heterocycles. The molecule has 0 fully saturated rings. The molecule has 0 amide bonds. The van der Waals surface area contributed by atoms with Crippen molar-refractivity contribution in [1.82, 2.24) is 9.78 Å². The Labute approximate surface area is 121 Å². The van der Waals surface area contributed by atoms with E-state index >= 15 is 0 Å². The van der Waals surface area contributed by atoms with Crippen LogP contribution >= 0.6 is 0 Å². The van der Waals surface area contributed by atoms with Gasteiger partial charge in [-0.15, -0.1) is 0 Å². The zero-order chi connectivity index (χ0) is 15.8. The van der Waals surface area contributed by atoms with E-state index in [1.165, 1.54) is 12.1 Å². The fourth-order valence-electron chi connectivity index (χ4n) is 2.32. The van der Waals surface area contributed by atoms with Crippen LogP contribution in [0.4, 0.5) is 13.2 Å². The smallest absolute Gasteiger partial charge is 0.388 e. The molecule has 0 spiro atoms. The Kier molecular flexibility index (Phi) is 4.09. The van der Waals surface area contributed by atoms with Gasteiger partial charge in [0.05, 0.1) is 17.4 Å². The van der Waals surface area contributed by atoms with Crippen LogP contribution in [-0.2, 0) is 19.6 Å². The zero-order valence-electron chi connectivity index (χ0n) is 12.1. The van der Waals surface area contributed by atoms with Crippen molar-refractivity contribution in [2.75, 3.05) is 0 Å². The van der Waals surface area contributed by atoms with Gasteiger partial charge in [-0.05, 0) is 37.1 Å². The fraction of sp³-hybridized carbons (Fsp3) is 0.400. The highest BCUT2D eigenvalue weighted by Gasteiger charge is 2.30. The van der Waals surface area contributed by atoms with Crippen molar-refractivity contribution in [1.29, 1.82) is 0 Å². The van der Waals surface area contributed by atoms with Gasteiger partial charge in [-0.3, -0.25) is 4.68 Å². The molecule has 1 unspecified atom stereocenters. The quantitative estimate of drug-likeness (QED) is 0.944. The number of alkyl halides is 3. The molecular formula is C15H17F3N2O. The number of hydrogen-bond acceptors (Lipinski definition) is 2. The van der Waals surface area contributed by atoms with E-state index in [1.54, 1.807) is 4.68 Å². The van der Waals surface area contributed by atoms with Crippen LogP contribution in [0.25, 0.3) is 0 Å². The molecule has 0 saturated heterocycles. The van der Waals surface area contributed by atoms with E-state index in [4.69, 9.17) is 0 Å². The van der Waals surface area contributed by atoms with Gasteiger partial charge < -0.3 is 5.11 Å². The monoisotopic (exact) mass is 298 g/mol. The number of aliphatic hydroxyl groups excluding tert-OH is 1. The van der Waals surface area contributed by atoms with Gasteiger partial charge in [0.2, 0.25) is 0 Å². The second-order valence-corrected chi connectivity index (χ2v) is 5.11. The van der Waals surface area contributed by atoms with Gasteiger partial charge in [0.25, 0.3) is 0 Å². The highest BCUT2D eigenvalue weighted by atomic mass is 19.4. The number of benzene rings is 1. The van der Waals surface area contributed by atoms with Crippen molar-refractivity contribution in [2.24, 2.45) is 7.05 Å². The van der Waals surface area contributed by atoms with Crippen molar-refractivity contribution in [3.05, 3.63) is 52.3 Å². The largest absolute Gasteiger partial charge is 0.416 e. The lowest BCUT2D eigenvalue weighted by atomic mass is 9.99. The van der Waals surface area contributed by atoms with E-state index in [2.05, 4.69) is 5.10 Å². The summed E-state index contributed by atoms with van der Waals surface area (Å²) in [6, 6.07) is 4.60. The van der Waals surface area contributed by atoms with E-state index in [0.29, 0.717) is 12.0 Å². The third-order valence-electron chi connectivity index (χ3n) is 3.68. The van der Waals surface area contributed by atoms with Crippen molar-refractivity contribution >= 4 is 0 Å². The first kappa shape index (κ1) is 15.6. The molecule has 0 saturated carbocycles. The maximum Gasteiger partial charge on any atom is 0.416 e. The Morgan fingerprint density at radius 2 is 1.76 bits per heavy atom. The summed E-state index contributed by atoms with van der Waals surface area (Å²) in [6.45, 7) is 3.75. The lowest BCUT2D eigenvalue weighted by Gasteiger charge is -2.13. The molecule has 0 bridgehead atoms. The summed E-state index contributed by atoms with van der Waals surface area (Å²) < 4.78 is 39.2. The number of hydrogen-bond donors (Lipinski definition) is 1. The molecule has 1 aromatic carbocycles. The van der Waals surface area contributed by atoms with E-state index < -0.39 is 17.8 Å². The summed E-state index contributed by atoms with van der Waals surface area (Å²) in [5, 5.41) is 14.5. The third kappa shape index (κ3) is 3.26. The molecule has 2 rings (SSSR count). The standard InChI is InChI=1S/C15H17F3N2O/c1-9-13(10(2)20(3)19-9)8-14(21)11-4-6-12(7-5-11)15(16,17)18/h4-7,14,21H,8H2,1-3H3. The van der Waals surface area contributed by atoms with E-state index in [9.17, 15) is 18.3 Å². The number of aliphatic hydroxyl groups is 1. The van der Waals surface area contributed by atoms with Crippen LogP contribution < -0.4 is 0 Å². The van der Waals surface area contributed by atoms with Gasteiger partial charge in [0.15, 0.2) is 0 Å². The maximum absolute atomic E-state index is 12.5. The van der Waals surface area contributed by atoms with Crippen LogP contribution in [-0.4, -0.2) is 14.9 Å². The number of aromatic nitrogens is 2. The van der Waals surface area contributed by atoms with E-state index in [-0.39, 0.29) is 0 Å². The van der Waals surface area contributed by atoms with Crippen LogP contribution in [0, 0.1) is 13.8 Å². The highest BCUT2D eigenvalue weighted by molar-refractivity contribution is 5.30. The molecule has 114 valence electrons. The van der Waals surface area contributed by atoms with Crippen LogP contribution in [0.2, 0.25) is 0 Å². The Hall–Kier alpha value is -1.82. The summed E-state index contributed by atoms with van der Waals surface area (Å²) in [5.41, 5.74) is 2.43. The van der Waals surface area contributed by atoms with Crippen molar-refractivity contribution in [3.8, 4) is 0 Å². The van der Waals surface area contributed by atoms with Gasteiger partial charge in [0.1, 0.15) is 0 Å². The number of nitrogens with zero attached hydrogens (tertiary/aromatic N) is 2. The van der Waals surface area contributed by atoms with Crippen molar-refractivity contribution in [2.45, 2.75) is 32.5 Å². The number of aryl methyl sites for hydroxylation is 2. The first-order chi connectivity index (χ1) is 9.70. The molecule has 1 atom stereocenters. The zero-order valence-corrected chi connectivity index (χ0v) is 12.1. The van der Waals surface area contributed by atoms with Crippen LogP contribution in [0.5, 0.6) is 0 Å². The average Bonchev–Trinajstić information content (AvgIpc) is 2.64. The van der Waals surface area contributed by atoms with Gasteiger partial charge in [-0.25, -0.2) is 0 Å². The topological polar surface area (TPSA) is 38.0 Å². The minimum Gasteiger partial charge on any atom is -0.388 e. The minimum atomic E-state index is -4.36. The summed E-state index contributed by atoms with van der Waals surface area (Å²) >= 11 is 0. The van der Waals surface area contributed by atoms with Crippen LogP contribution in [0.1, 0.15) is 34.2 Å².